The molecule has 16 heavy (non-hydrogen) atoms. The largest absolute Gasteiger partial charge is 0.354 e. The molecule has 0 spiro atoms. The summed E-state index contributed by atoms with van der Waals surface area (Å²) in [5.74, 6) is 0.684. The molecule has 88 valence electrons. The van der Waals surface area contributed by atoms with Gasteiger partial charge in [0.1, 0.15) is 0 Å². The minimum atomic E-state index is 0.461. The first kappa shape index (κ1) is 11.6. The van der Waals surface area contributed by atoms with Crippen LogP contribution in [0, 0.1) is 5.41 Å². The highest BCUT2D eigenvalue weighted by molar-refractivity contribution is 6.30. The standard InChI is InChI=1S/C12H18ClN3/c1-2-12(5-3-4-6-12)9-16-11-14-7-10(13)8-15-11/h7-8H,2-6,9H2,1H3,(H,14,15,16). The van der Waals surface area contributed by atoms with Crippen molar-refractivity contribution in [2.75, 3.05) is 11.9 Å². The van der Waals surface area contributed by atoms with Gasteiger partial charge in [-0.15, -0.1) is 0 Å². The van der Waals surface area contributed by atoms with Crippen molar-refractivity contribution >= 4 is 17.5 Å². The van der Waals surface area contributed by atoms with Gasteiger partial charge in [0, 0.05) is 6.54 Å². The number of anilines is 1. The second-order valence-electron chi connectivity index (χ2n) is 4.64. The zero-order valence-electron chi connectivity index (χ0n) is 9.67. The van der Waals surface area contributed by atoms with Crippen molar-refractivity contribution in [3.05, 3.63) is 17.4 Å². The Morgan fingerprint density at radius 2 is 1.94 bits per heavy atom. The summed E-state index contributed by atoms with van der Waals surface area (Å²) < 4.78 is 0. The lowest BCUT2D eigenvalue weighted by molar-refractivity contribution is 0.306. The summed E-state index contributed by atoms with van der Waals surface area (Å²) in [5, 5.41) is 3.90. The Balaban J connectivity index is 1.93. The van der Waals surface area contributed by atoms with Crippen molar-refractivity contribution in [1.82, 2.24) is 9.97 Å². The van der Waals surface area contributed by atoms with E-state index < -0.39 is 0 Å². The molecule has 0 amide bonds. The lowest BCUT2D eigenvalue weighted by atomic mass is 9.83. The lowest BCUT2D eigenvalue weighted by Crippen LogP contribution is -2.26. The highest BCUT2D eigenvalue weighted by Crippen LogP contribution is 2.40. The zero-order chi connectivity index (χ0) is 11.4. The fraction of sp³-hybridized carbons (Fsp3) is 0.667. The molecule has 0 bridgehead atoms. The van der Waals surface area contributed by atoms with Gasteiger partial charge in [0.25, 0.3) is 0 Å². The van der Waals surface area contributed by atoms with Gasteiger partial charge in [0.2, 0.25) is 5.95 Å². The van der Waals surface area contributed by atoms with Crippen molar-refractivity contribution in [2.24, 2.45) is 5.41 Å². The molecule has 1 saturated carbocycles. The normalized spacial score (nSPS) is 18.6. The van der Waals surface area contributed by atoms with Gasteiger partial charge in [0.15, 0.2) is 0 Å². The Bertz CT molecular complexity index is 331. The van der Waals surface area contributed by atoms with E-state index in [9.17, 15) is 0 Å². The van der Waals surface area contributed by atoms with Gasteiger partial charge in [-0.25, -0.2) is 9.97 Å². The predicted octanol–water partition coefficient (Wildman–Crippen LogP) is 3.51. The monoisotopic (exact) mass is 239 g/mol. The lowest BCUT2D eigenvalue weighted by Gasteiger charge is -2.27. The third-order valence-electron chi connectivity index (χ3n) is 3.66. The average Bonchev–Trinajstić information content (AvgIpc) is 2.78. The number of hydrogen-bond donors (Lipinski definition) is 1. The number of nitrogens with zero attached hydrogens (tertiary/aromatic N) is 2. The van der Waals surface area contributed by atoms with Crippen LogP contribution in [0.5, 0.6) is 0 Å². The van der Waals surface area contributed by atoms with E-state index in [4.69, 9.17) is 11.6 Å². The van der Waals surface area contributed by atoms with Crippen LogP contribution in [0.15, 0.2) is 12.4 Å². The van der Waals surface area contributed by atoms with Crippen molar-refractivity contribution in [2.45, 2.75) is 39.0 Å². The van der Waals surface area contributed by atoms with Crippen LogP contribution in [0.2, 0.25) is 5.02 Å². The first-order valence-electron chi connectivity index (χ1n) is 5.95. The first-order valence-corrected chi connectivity index (χ1v) is 6.33. The summed E-state index contributed by atoms with van der Waals surface area (Å²) in [6, 6.07) is 0. The molecular weight excluding hydrogens is 222 g/mol. The van der Waals surface area contributed by atoms with Gasteiger partial charge in [0.05, 0.1) is 17.4 Å². The fourth-order valence-corrected chi connectivity index (χ4v) is 2.55. The third kappa shape index (κ3) is 2.64. The molecule has 1 fully saturated rings. The first-order chi connectivity index (χ1) is 7.74. The highest BCUT2D eigenvalue weighted by atomic mass is 35.5. The van der Waals surface area contributed by atoms with Crippen LogP contribution in [-0.4, -0.2) is 16.5 Å². The maximum atomic E-state index is 5.74. The van der Waals surface area contributed by atoms with Crippen LogP contribution in [0.4, 0.5) is 5.95 Å². The molecule has 0 saturated heterocycles. The number of halogens is 1. The minimum Gasteiger partial charge on any atom is -0.354 e. The maximum Gasteiger partial charge on any atom is 0.222 e. The number of nitrogens with one attached hydrogen (secondary N) is 1. The third-order valence-corrected chi connectivity index (χ3v) is 3.85. The molecule has 3 nitrogen and oxygen atoms in total. The second-order valence-corrected chi connectivity index (χ2v) is 5.08. The highest BCUT2D eigenvalue weighted by Gasteiger charge is 2.31. The van der Waals surface area contributed by atoms with Crippen LogP contribution in [-0.2, 0) is 0 Å². The minimum absolute atomic E-state index is 0.461. The molecule has 0 radical (unpaired) electrons. The molecular formula is C12H18ClN3. The Kier molecular flexibility index (Phi) is 3.64. The van der Waals surface area contributed by atoms with Crippen molar-refractivity contribution in [3.63, 3.8) is 0 Å². The summed E-state index contributed by atoms with van der Waals surface area (Å²) >= 11 is 5.74. The Labute approximate surface area is 102 Å². The van der Waals surface area contributed by atoms with Gasteiger partial charge in [-0.05, 0) is 24.7 Å². The molecule has 0 unspecified atom stereocenters. The molecule has 1 aromatic rings. The summed E-state index contributed by atoms with van der Waals surface area (Å²) in [7, 11) is 0. The van der Waals surface area contributed by atoms with Gasteiger partial charge in [-0.1, -0.05) is 31.4 Å². The Hall–Kier alpha value is -0.830. The summed E-state index contributed by atoms with van der Waals surface area (Å²) in [4.78, 5) is 8.30. The summed E-state index contributed by atoms with van der Waals surface area (Å²) in [6.07, 6.45) is 9.85. The number of hydrogen-bond acceptors (Lipinski definition) is 3. The van der Waals surface area contributed by atoms with Gasteiger partial charge >= 0.3 is 0 Å². The number of aromatic nitrogens is 2. The van der Waals surface area contributed by atoms with Crippen LogP contribution in [0.3, 0.4) is 0 Å². The molecule has 4 heteroatoms. The van der Waals surface area contributed by atoms with Crippen molar-refractivity contribution < 1.29 is 0 Å². The Morgan fingerprint density at radius 1 is 1.31 bits per heavy atom. The van der Waals surface area contributed by atoms with E-state index in [1.54, 1.807) is 12.4 Å². The van der Waals surface area contributed by atoms with E-state index in [-0.39, 0.29) is 0 Å². The molecule has 1 aliphatic carbocycles. The van der Waals surface area contributed by atoms with Gasteiger partial charge in [-0.3, -0.25) is 0 Å². The van der Waals surface area contributed by atoms with Crippen molar-refractivity contribution in [1.29, 1.82) is 0 Å². The molecule has 1 N–H and O–H groups in total. The molecule has 0 aromatic carbocycles. The predicted molar refractivity (Wildman–Crippen MR) is 66.7 cm³/mol. The zero-order valence-corrected chi connectivity index (χ0v) is 10.4. The summed E-state index contributed by atoms with van der Waals surface area (Å²) in [6.45, 7) is 3.25. The maximum absolute atomic E-state index is 5.74. The van der Waals surface area contributed by atoms with E-state index >= 15 is 0 Å². The molecule has 0 aliphatic heterocycles. The summed E-state index contributed by atoms with van der Waals surface area (Å²) in [5.41, 5.74) is 0.461. The smallest absolute Gasteiger partial charge is 0.222 e. The van der Waals surface area contributed by atoms with E-state index in [1.165, 1.54) is 32.1 Å². The van der Waals surface area contributed by atoms with Crippen LogP contribution in [0.25, 0.3) is 0 Å². The van der Waals surface area contributed by atoms with E-state index in [1.807, 2.05) is 0 Å². The topological polar surface area (TPSA) is 37.8 Å². The second kappa shape index (κ2) is 5.00. The van der Waals surface area contributed by atoms with E-state index in [0.29, 0.717) is 16.4 Å². The molecule has 1 aromatic heterocycles. The molecule has 0 atom stereocenters. The molecule has 1 heterocycles. The van der Waals surface area contributed by atoms with Gasteiger partial charge in [-0.2, -0.15) is 0 Å². The molecule has 1 aliphatic rings. The van der Waals surface area contributed by atoms with Crippen LogP contribution < -0.4 is 5.32 Å². The fourth-order valence-electron chi connectivity index (χ4n) is 2.45. The van der Waals surface area contributed by atoms with E-state index in [0.717, 1.165) is 6.54 Å². The quantitative estimate of drug-likeness (QED) is 0.874. The Morgan fingerprint density at radius 3 is 2.50 bits per heavy atom. The van der Waals surface area contributed by atoms with Crippen molar-refractivity contribution in [3.8, 4) is 0 Å². The van der Waals surface area contributed by atoms with Crippen LogP contribution >= 0.6 is 11.6 Å². The van der Waals surface area contributed by atoms with Gasteiger partial charge < -0.3 is 5.32 Å². The molecule has 2 rings (SSSR count). The average molecular weight is 240 g/mol. The van der Waals surface area contributed by atoms with Crippen LogP contribution in [0.1, 0.15) is 39.0 Å². The SMILES string of the molecule is CCC1(CNc2ncc(Cl)cn2)CCCC1. The number of rotatable bonds is 4. The van der Waals surface area contributed by atoms with E-state index in [2.05, 4.69) is 22.2 Å².